The normalized spacial score (nSPS) is 15.6. The van der Waals surface area contributed by atoms with Gasteiger partial charge in [-0.25, -0.2) is 24.3 Å². The van der Waals surface area contributed by atoms with Crippen LogP contribution in [-0.4, -0.2) is 56.2 Å². The number of rotatable bonds is 7. The molecule has 0 amide bonds. The molecule has 0 bridgehead atoms. The molecule has 5 rings (SSSR count). The van der Waals surface area contributed by atoms with Crippen molar-refractivity contribution >= 4 is 23.5 Å². The molecule has 2 aromatic heterocycles. The first-order valence-corrected chi connectivity index (χ1v) is 12.8. The predicted octanol–water partition coefficient (Wildman–Crippen LogP) is 3.32. The molecule has 2 aromatic carbocycles. The van der Waals surface area contributed by atoms with Crippen molar-refractivity contribution in [2.24, 2.45) is 5.73 Å². The van der Waals surface area contributed by atoms with Crippen molar-refractivity contribution < 1.29 is 9.50 Å². The Balaban J connectivity index is 1.20. The topological polar surface area (TPSA) is 129 Å². The van der Waals surface area contributed by atoms with Crippen LogP contribution in [0.1, 0.15) is 37.5 Å². The number of aromatic nitrogens is 5. The van der Waals surface area contributed by atoms with Crippen LogP contribution in [0, 0.1) is 5.82 Å². The van der Waals surface area contributed by atoms with E-state index in [4.69, 9.17) is 5.73 Å². The summed E-state index contributed by atoms with van der Waals surface area (Å²) in [6, 6.07) is 13.7. The summed E-state index contributed by atoms with van der Waals surface area (Å²) in [5.41, 5.74) is 7.98. The highest BCUT2D eigenvalue weighted by atomic mass is 19.1. The van der Waals surface area contributed by atoms with Crippen LogP contribution < -0.4 is 20.9 Å². The van der Waals surface area contributed by atoms with Gasteiger partial charge < -0.3 is 26.0 Å². The van der Waals surface area contributed by atoms with Crippen molar-refractivity contribution in [2.45, 2.75) is 31.9 Å². The summed E-state index contributed by atoms with van der Waals surface area (Å²) in [6.45, 7) is 8.15. The Labute approximate surface area is 226 Å². The predicted molar refractivity (Wildman–Crippen MR) is 148 cm³/mol. The van der Waals surface area contributed by atoms with E-state index in [-0.39, 0.29) is 5.82 Å². The van der Waals surface area contributed by atoms with Crippen molar-refractivity contribution in [1.82, 2.24) is 24.9 Å². The molecule has 39 heavy (non-hydrogen) atoms. The fourth-order valence-corrected chi connectivity index (χ4v) is 4.41. The molecule has 1 fully saturated rings. The zero-order chi connectivity index (χ0) is 27.6. The van der Waals surface area contributed by atoms with Crippen molar-refractivity contribution in [2.75, 3.05) is 41.3 Å². The Bertz CT molecular complexity index is 1400. The quantitative estimate of drug-likeness (QED) is 0.328. The monoisotopic (exact) mass is 529 g/mol. The van der Waals surface area contributed by atoms with Crippen molar-refractivity contribution in [1.29, 1.82) is 0 Å². The summed E-state index contributed by atoms with van der Waals surface area (Å²) in [5.74, 6) is 1.36. The minimum Gasteiger partial charge on any atom is -0.386 e. The van der Waals surface area contributed by atoms with Crippen LogP contribution in [-0.2, 0) is 11.1 Å². The van der Waals surface area contributed by atoms with Gasteiger partial charge in [-0.05, 0) is 56.2 Å². The summed E-state index contributed by atoms with van der Waals surface area (Å²) in [7, 11) is 0. The summed E-state index contributed by atoms with van der Waals surface area (Å²) in [6.07, 6.45) is 4.96. The Morgan fingerprint density at radius 3 is 1.92 bits per heavy atom. The van der Waals surface area contributed by atoms with E-state index in [1.54, 1.807) is 38.4 Å². The lowest BCUT2D eigenvalue weighted by Crippen LogP contribution is -2.47. The number of anilines is 4. The van der Waals surface area contributed by atoms with E-state index >= 15 is 0 Å². The maximum absolute atomic E-state index is 13.3. The second-order valence-corrected chi connectivity index (χ2v) is 10.3. The van der Waals surface area contributed by atoms with Gasteiger partial charge in [0, 0.05) is 49.8 Å². The van der Waals surface area contributed by atoms with Crippen LogP contribution in [0.15, 0.2) is 67.3 Å². The van der Waals surface area contributed by atoms with Crippen LogP contribution >= 0.6 is 0 Å². The van der Waals surface area contributed by atoms with Gasteiger partial charge in [0.15, 0.2) is 0 Å². The molecule has 1 unspecified atom stereocenters. The molecular weight excluding hydrogens is 497 g/mol. The molecule has 4 aromatic rings. The zero-order valence-corrected chi connectivity index (χ0v) is 22.2. The number of nitrogens with two attached hydrogens (primary N) is 1. The van der Waals surface area contributed by atoms with Crippen LogP contribution in [0.2, 0.25) is 0 Å². The number of aliphatic hydroxyl groups is 1. The molecule has 1 aliphatic rings. The third-order valence-electron chi connectivity index (χ3n) is 6.93. The number of halogens is 1. The second-order valence-electron chi connectivity index (χ2n) is 10.3. The molecule has 202 valence electrons. The molecule has 1 aliphatic heterocycles. The van der Waals surface area contributed by atoms with Crippen LogP contribution in [0.25, 0.3) is 0 Å². The van der Waals surface area contributed by atoms with E-state index in [1.165, 1.54) is 18.5 Å². The molecule has 11 heteroatoms. The fourth-order valence-electron chi connectivity index (χ4n) is 4.41. The van der Waals surface area contributed by atoms with Crippen molar-refractivity contribution in [3.05, 3.63) is 89.8 Å². The first-order chi connectivity index (χ1) is 18.6. The Morgan fingerprint density at radius 1 is 0.769 bits per heavy atom. The van der Waals surface area contributed by atoms with E-state index in [0.29, 0.717) is 44.0 Å². The van der Waals surface area contributed by atoms with Crippen molar-refractivity contribution in [3.63, 3.8) is 0 Å². The third-order valence-corrected chi connectivity index (χ3v) is 6.93. The summed E-state index contributed by atoms with van der Waals surface area (Å²) >= 11 is 0. The Hall–Kier alpha value is -4.22. The number of nitrogens with zero attached hydrogens (tertiary/aromatic N) is 7. The number of nitrogens with one attached hydrogen (secondary N) is 1. The largest absolute Gasteiger partial charge is 0.386 e. The second kappa shape index (κ2) is 10.5. The SMILES string of the molecule is CC(C)(O)c1ccc(Nc2ncnc(N3CCN(c4ncc(C(C)(N)c5ccc(F)cc5)cn4)CC3)n2)cc1. The standard InChI is InChI=1S/C28H32FN9O/c1-27(2,39)19-6-10-23(11-7-19)35-24-33-18-34-26(36-24)38-14-12-37(13-15-38)25-31-16-21(17-32-25)28(3,30)20-4-8-22(29)9-5-20/h4-11,16-18,39H,12-15,30H2,1-3H3,(H,33,34,35,36). The molecule has 0 aliphatic carbocycles. The highest BCUT2D eigenvalue weighted by molar-refractivity contribution is 5.55. The van der Waals surface area contributed by atoms with Crippen LogP contribution in [0.3, 0.4) is 0 Å². The number of hydrogen-bond acceptors (Lipinski definition) is 10. The van der Waals surface area contributed by atoms with Gasteiger partial charge in [0.1, 0.15) is 12.1 Å². The van der Waals surface area contributed by atoms with Crippen LogP contribution in [0.5, 0.6) is 0 Å². The minimum atomic E-state index is -0.900. The summed E-state index contributed by atoms with van der Waals surface area (Å²) in [4.78, 5) is 26.5. The number of hydrogen-bond donors (Lipinski definition) is 3. The molecule has 3 heterocycles. The lowest BCUT2D eigenvalue weighted by Gasteiger charge is -2.35. The molecule has 1 atom stereocenters. The van der Waals surface area contributed by atoms with Gasteiger partial charge in [-0.2, -0.15) is 4.98 Å². The number of benzene rings is 2. The van der Waals surface area contributed by atoms with E-state index in [2.05, 4.69) is 40.0 Å². The summed E-state index contributed by atoms with van der Waals surface area (Å²) in [5, 5.41) is 13.3. The molecule has 4 N–H and O–H groups in total. The molecule has 0 spiro atoms. The highest BCUT2D eigenvalue weighted by Gasteiger charge is 2.26. The molecule has 10 nitrogen and oxygen atoms in total. The smallest absolute Gasteiger partial charge is 0.231 e. The molecule has 0 saturated carbocycles. The first kappa shape index (κ1) is 26.4. The Kier molecular flexibility index (Phi) is 7.11. The number of piperazine rings is 1. The molecular formula is C28H32FN9O. The zero-order valence-electron chi connectivity index (χ0n) is 22.2. The maximum Gasteiger partial charge on any atom is 0.231 e. The Morgan fingerprint density at radius 2 is 1.33 bits per heavy atom. The van der Waals surface area contributed by atoms with E-state index in [0.717, 1.165) is 22.4 Å². The highest BCUT2D eigenvalue weighted by Crippen LogP contribution is 2.27. The van der Waals surface area contributed by atoms with E-state index in [9.17, 15) is 9.50 Å². The average molecular weight is 530 g/mol. The maximum atomic E-state index is 13.3. The lowest BCUT2D eigenvalue weighted by atomic mass is 9.87. The fraction of sp³-hybridized carbons (Fsp3) is 0.321. The van der Waals surface area contributed by atoms with Gasteiger partial charge in [0.2, 0.25) is 17.8 Å². The van der Waals surface area contributed by atoms with Gasteiger partial charge in [-0.15, -0.1) is 0 Å². The minimum absolute atomic E-state index is 0.303. The van der Waals surface area contributed by atoms with Gasteiger partial charge in [-0.3, -0.25) is 0 Å². The van der Waals surface area contributed by atoms with Gasteiger partial charge in [-0.1, -0.05) is 24.3 Å². The van der Waals surface area contributed by atoms with Crippen LogP contribution in [0.4, 0.5) is 27.9 Å². The van der Waals surface area contributed by atoms with Gasteiger partial charge in [0.25, 0.3) is 0 Å². The summed E-state index contributed by atoms with van der Waals surface area (Å²) < 4.78 is 13.3. The van der Waals surface area contributed by atoms with Gasteiger partial charge in [0.05, 0.1) is 11.1 Å². The average Bonchev–Trinajstić information content (AvgIpc) is 2.93. The van der Waals surface area contributed by atoms with Crippen molar-refractivity contribution in [3.8, 4) is 0 Å². The third kappa shape index (κ3) is 5.94. The van der Waals surface area contributed by atoms with E-state index in [1.807, 2.05) is 31.2 Å². The lowest BCUT2D eigenvalue weighted by molar-refractivity contribution is 0.0786. The molecule has 1 saturated heterocycles. The van der Waals surface area contributed by atoms with Gasteiger partial charge >= 0.3 is 0 Å². The first-order valence-electron chi connectivity index (χ1n) is 12.8. The van der Waals surface area contributed by atoms with E-state index < -0.39 is 11.1 Å². The molecule has 0 radical (unpaired) electrons.